The van der Waals surface area contributed by atoms with Crippen LogP contribution in [0.2, 0.25) is 0 Å². The molecule has 1 saturated heterocycles. The van der Waals surface area contributed by atoms with Gasteiger partial charge in [0.1, 0.15) is 12.4 Å². The summed E-state index contributed by atoms with van der Waals surface area (Å²) in [6.45, 7) is 7.77. The molecule has 0 amide bonds. The van der Waals surface area contributed by atoms with Crippen molar-refractivity contribution in [3.63, 3.8) is 0 Å². The third-order valence-electron chi connectivity index (χ3n) is 3.69. The van der Waals surface area contributed by atoms with E-state index in [1.165, 1.54) is 0 Å². The first-order valence-electron chi connectivity index (χ1n) is 7.02. The van der Waals surface area contributed by atoms with Crippen LogP contribution in [0, 0.1) is 0 Å². The van der Waals surface area contributed by atoms with Gasteiger partial charge in [0.05, 0.1) is 5.71 Å². The van der Waals surface area contributed by atoms with Gasteiger partial charge < -0.3 is 14.8 Å². The number of likely N-dealkylation sites (N-methyl/N-ethyl adjacent to an activating group) is 1. The first kappa shape index (κ1) is 14.8. The number of nitrogens with zero attached hydrogens (tertiary/aromatic N) is 3. The summed E-state index contributed by atoms with van der Waals surface area (Å²) in [5.41, 5.74) is 1.41. The van der Waals surface area contributed by atoms with E-state index in [1.807, 2.05) is 24.3 Å². The van der Waals surface area contributed by atoms with Gasteiger partial charge in [-0.15, -0.1) is 0 Å². The van der Waals surface area contributed by atoms with E-state index in [2.05, 4.69) is 22.0 Å². The van der Waals surface area contributed by atoms with Crippen LogP contribution in [0.3, 0.4) is 0 Å². The Bertz CT molecular complexity index is 454. The summed E-state index contributed by atoms with van der Waals surface area (Å²) in [6, 6.07) is 7.66. The number of para-hydroxylation sites is 1. The van der Waals surface area contributed by atoms with Crippen molar-refractivity contribution in [2.24, 2.45) is 5.16 Å². The van der Waals surface area contributed by atoms with E-state index in [1.54, 1.807) is 6.92 Å². The highest BCUT2D eigenvalue weighted by Crippen LogP contribution is 2.18. The maximum absolute atomic E-state index is 8.89. The number of hydrogen-bond donors (Lipinski definition) is 1. The third-order valence-corrected chi connectivity index (χ3v) is 3.69. The molecule has 1 aromatic carbocycles. The van der Waals surface area contributed by atoms with Crippen molar-refractivity contribution in [3.05, 3.63) is 29.8 Å². The van der Waals surface area contributed by atoms with Crippen LogP contribution in [0.25, 0.3) is 0 Å². The molecule has 0 aromatic heterocycles. The molecule has 0 spiro atoms. The summed E-state index contributed by atoms with van der Waals surface area (Å²) < 4.78 is 5.84. The molecule has 0 saturated carbocycles. The van der Waals surface area contributed by atoms with E-state index in [-0.39, 0.29) is 0 Å². The molecular weight excluding hydrogens is 254 g/mol. The summed E-state index contributed by atoms with van der Waals surface area (Å²) >= 11 is 0. The Morgan fingerprint density at radius 2 is 1.95 bits per heavy atom. The van der Waals surface area contributed by atoms with Crippen molar-refractivity contribution in [1.82, 2.24) is 9.80 Å². The molecule has 0 bridgehead atoms. The number of benzene rings is 1. The molecule has 1 N–H and O–H groups in total. The fraction of sp³-hybridized carbons (Fsp3) is 0.533. The van der Waals surface area contributed by atoms with Crippen molar-refractivity contribution in [3.8, 4) is 5.75 Å². The van der Waals surface area contributed by atoms with Crippen molar-refractivity contribution >= 4 is 5.71 Å². The van der Waals surface area contributed by atoms with Gasteiger partial charge in [0.2, 0.25) is 0 Å². The molecule has 110 valence electrons. The van der Waals surface area contributed by atoms with Crippen LogP contribution in [0.5, 0.6) is 5.75 Å². The Morgan fingerprint density at radius 1 is 1.25 bits per heavy atom. The van der Waals surface area contributed by atoms with Crippen molar-refractivity contribution in [2.75, 3.05) is 46.4 Å². The van der Waals surface area contributed by atoms with Gasteiger partial charge >= 0.3 is 0 Å². The summed E-state index contributed by atoms with van der Waals surface area (Å²) in [5.74, 6) is 0.775. The quantitative estimate of drug-likeness (QED) is 0.503. The van der Waals surface area contributed by atoms with Crippen LogP contribution in [-0.2, 0) is 0 Å². The van der Waals surface area contributed by atoms with Gasteiger partial charge in [-0.2, -0.15) is 0 Å². The Labute approximate surface area is 120 Å². The van der Waals surface area contributed by atoms with Gasteiger partial charge in [0.15, 0.2) is 0 Å². The van der Waals surface area contributed by atoms with Gasteiger partial charge in [0.25, 0.3) is 0 Å². The summed E-state index contributed by atoms with van der Waals surface area (Å²) in [4.78, 5) is 4.75. The number of hydrogen-bond acceptors (Lipinski definition) is 5. The third kappa shape index (κ3) is 3.95. The fourth-order valence-electron chi connectivity index (χ4n) is 2.30. The maximum atomic E-state index is 8.89. The number of ether oxygens (including phenoxy) is 1. The largest absolute Gasteiger partial charge is 0.492 e. The minimum absolute atomic E-state index is 0.570. The Balaban J connectivity index is 1.85. The monoisotopic (exact) mass is 277 g/mol. The normalized spacial score (nSPS) is 18.2. The average molecular weight is 277 g/mol. The predicted octanol–water partition coefficient (Wildman–Crippen LogP) is 1.51. The average Bonchev–Trinajstić information content (AvgIpc) is 2.49. The van der Waals surface area contributed by atoms with Crippen molar-refractivity contribution < 1.29 is 9.94 Å². The second-order valence-electron chi connectivity index (χ2n) is 5.17. The smallest absolute Gasteiger partial charge is 0.128 e. The minimum atomic E-state index is 0.570. The summed E-state index contributed by atoms with van der Waals surface area (Å²) in [7, 11) is 2.15. The SMILES string of the molecule is C/C(=N\O)c1ccccc1OCCN1CCN(C)CC1. The van der Waals surface area contributed by atoms with Crippen molar-refractivity contribution in [1.29, 1.82) is 0 Å². The Morgan fingerprint density at radius 3 is 2.65 bits per heavy atom. The second kappa shape index (κ2) is 7.26. The topological polar surface area (TPSA) is 48.3 Å². The molecule has 5 heteroatoms. The molecule has 0 unspecified atom stereocenters. The molecule has 1 aliphatic heterocycles. The molecule has 1 heterocycles. The standard InChI is InChI=1S/C15H23N3O2/c1-13(16-19)14-5-3-4-6-15(14)20-12-11-18-9-7-17(2)8-10-18/h3-6,19H,7-12H2,1-2H3/b16-13+. The highest BCUT2D eigenvalue weighted by molar-refractivity contribution is 6.00. The Hall–Kier alpha value is -1.59. The first-order valence-corrected chi connectivity index (χ1v) is 7.02. The first-order chi connectivity index (χ1) is 9.70. The van der Waals surface area contributed by atoms with E-state index in [9.17, 15) is 0 Å². The molecule has 0 atom stereocenters. The zero-order chi connectivity index (χ0) is 14.4. The molecular formula is C15H23N3O2. The molecule has 0 radical (unpaired) electrons. The van der Waals surface area contributed by atoms with Crippen LogP contribution < -0.4 is 4.74 Å². The zero-order valence-corrected chi connectivity index (χ0v) is 12.2. The van der Waals surface area contributed by atoms with Crippen LogP contribution in [-0.4, -0.2) is 67.1 Å². The molecule has 1 aliphatic rings. The molecule has 0 aliphatic carbocycles. The van der Waals surface area contributed by atoms with Gasteiger partial charge in [-0.25, -0.2) is 0 Å². The number of oxime groups is 1. The maximum Gasteiger partial charge on any atom is 0.128 e. The summed E-state index contributed by atoms with van der Waals surface area (Å²) in [6.07, 6.45) is 0. The fourth-order valence-corrected chi connectivity index (χ4v) is 2.30. The van der Waals surface area contributed by atoms with E-state index in [0.29, 0.717) is 12.3 Å². The lowest BCUT2D eigenvalue weighted by Gasteiger charge is -2.32. The predicted molar refractivity (Wildman–Crippen MR) is 79.9 cm³/mol. The van der Waals surface area contributed by atoms with E-state index < -0.39 is 0 Å². The van der Waals surface area contributed by atoms with Gasteiger partial charge in [-0.05, 0) is 26.1 Å². The van der Waals surface area contributed by atoms with Gasteiger partial charge in [0, 0.05) is 38.3 Å². The lowest BCUT2D eigenvalue weighted by Crippen LogP contribution is -2.45. The Kier molecular flexibility index (Phi) is 5.38. The van der Waals surface area contributed by atoms with Gasteiger partial charge in [-0.1, -0.05) is 17.3 Å². The lowest BCUT2D eigenvalue weighted by molar-refractivity contribution is 0.133. The molecule has 1 fully saturated rings. The number of piperazine rings is 1. The minimum Gasteiger partial charge on any atom is -0.492 e. The van der Waals surface area contributed by atoms with E-state index in [0.717, 1.165) is 44.0 Å². The molecule has 20 heavy (non-hydrogen) atoms. The van der Waals surface area contributed by atoms with E-state index in [4.69, 9.17) is 9.94 Å². The zero-order valence-electron chi connectivity index (χ0n) is 12.2. The number of rotatable bonds is 5. The van der Waals surface area contributed by atoms with Crippen LogP contribution in [0.4, 0.5) is 0 Å². The van der Waals surface area contributed by atoms with Crippen LogP contribution in [0.1, 0.15) is 12.5 Å². The second-order valence-corrected chi connectivity index (χ2v) is 5.17. The highest BCUT2D eigenvalue weighted by atomic mass is 16.5. The van der Waals surface area contributed by atoms with Crippen LogP contribution in [0.15, 0.2) is 29.4 Å². The van der Waals surface area contributed by atoms with Crippen LogP contribution >= 0.6 is 0 Å². The molecule has 5 nitrogen and oxygen atoms in total. The highest BCUT2D eigenvalue weighted by Gasteiger charge is 2.13. The molecule has 1 aromatic rings. The van der Waals surface area contributed by atoms with Gasteiger partial charge in [-0.3, -0.25) is 4.90 Å². The summed E-state index contributed by atoms with van der Waals surface area (Å²) in [5, 5.41) is 12.1. The molecule has 2 rings (SSSR count). The lowest BCUT2D eigenvalue weighted by atomic mass is 10.1. The van der Waals surface area contributed by atoms with E-state index >= 15 is 0 Å². The van der Waals surface area contributed by atoms with Crippen molar-refractivity contribution in [2.45, 2.75) is 6.92 Å².